The van der Waals surface area contributed by atoms with Gasteiger partial charge in [-0.25, -0.2) is 0 Å². The first-order valence-corrected chi connectivity index (χ1v) is 17.7. The molecule has 0 saturated carbocycles. The number of carbonyl (C=O) groups excluding carboxylic acids is 2. The van der Waals surface area contributed by atoms with Crippen LogP contribution in [0.4, 0.5) is 0 Å². The van der Waals surface area contributed by atoms with Gasteiger partial charge in [0.05, 0.1) is 12.7 Å². The van der Waals surface area contributed by atoms with Crippen LogP contribution >= 0.6 is 0 Å². The van der Waals surface area contributed by atoms with Crippen molar-refractivity contribution in [3.05, 3.63) is 36.5 Å². The van der Waals surface area contributed by atoms with E-state index in [4.69, 9.17) is 9.47 Å². The van der Waals surface area contributed by atoms with Gasteiger partial charge in [0.2, 0.25) is 0 Å². The second kappa shape index (κ2) is 33.0. The lowest BCUT2D eigenvalue weighted by Crippen LogP contribution is -2.28. The zero-order chi connectivity index (χ0) is 31.6. The van der Waals surface area contributed by atoms with E-state index in [1.54, 1.807) is 0 Å². The topological polar surface area (TPSA) is 93.1 Å². The number of esters is 2. The second-order valence-corrected chi connectivity index (χ2v) is 11.8. The van der Waals surface area contributed by atoms with Gasteiger partial charge in [0.15, 0.2) is 6.10 Å². The van der Waals surface area contributed by atoms with E-state index in [0.29, 0.717) is 6.42 Å². The summed E-state index contributed by atoms with van der Waals surface area (Å²) in [7, 11) is 0. The number of aliphatic hydroxyl groups is 2. The van der Waals surface area contributed by atoms with Gasteiger partial charge in [-0.15, -0.1) is 0 Å². The fourth-order valence-electron chi connectivity index (χ4n) is 4.85. The number of ether oxygens (including phenoxy) is 2. The number of hydrogen-bond acceptors (Lipinski definition) is 6. The molecule has 1 unspecified atom stereocenters. The monoisotopic (exact) mass is 606 g/mol. The van der Waals surface area contributed by atoms with E-state index in [-0.39, 0.29) is 31.6 Å². The predicted octanol–water partition coefficient (Wildman–Crippen LogP) is 9.48. The number of carbonyl (C=O) groups is 2. The highest BCUT2D eigenvalue weighted by atomic mass is 16.6. The molecule has 0 bridgehead atoms. The summed E-state index contributed by atoms with van der Waals surface area (Å²) in [6, 6.07) is 0. The van der Waals surface area contributed by atoms with Gasteiger partial charge in [-0.2, -0.15) is 0 Å². The van der Waals surface area contributed by atoms with E-state index >= 15 is 0 Å². The number of rotatable bonds is 31. The van der Waals surface area contributed by atoms with Crippen molar-refractivity contribution < 1.29 is 29.3 Å². The van der Waals surface area contributed by atoms with E-state index in [1.807, 2.05) is 18.2 Å². The first-order chi connectivity index (χ1) is 21.0. The minimum absolute atomic E-state index is 0.0953. The standard InChI is InChI=1S/C37H66O6/c1-3-5-7-9-11-12-13-14-15-16-18-22-26-30-36(40)42-33-35(32-38)43-37(41)31-27-23-19-21-25-29-34(39)28-24-20-17-10-8-6-4-2/h6,8,17,20,24,28,34-35,38-39H,3-5,7,9-16,18-19,21-23,25-27,29-33H2,1-2H3/b8-6+,20-17+,28-24+/t34?,35-/m0/s1. The van der Waals surface area contributed by atoms with Crippen LogP contribution in [0.15, 0.2) is 36.5 Å². The summed E-state index contributed by atoms with van der Waals surface area (Å²) < 4.78 is 10.5. The van der Waals surface area contributed by atoms with Crippen LogP contribution in [0.3, 0.4) is 0 Å². The van der Waals surface area contributed by atoms with Crippen molar-refractivity contribution in [3.63, 3.8) is 0 Å². The van der Waals surface area contributed by atoms with Gasteiger partial charge in [0, 0.05) is 12.8 Å². The van der Waals surface area contributed by atoms with Gasteiger partial charge in [-0.1, -0.05) is 153 Å². The lowest BCUT2D eigenvalue weighted by atomic mass is 10.0. The van der Waals surface area contributed by atoms with Crippen LogP contribution in [0.25, 0.3) is 0 Å². The number of hydrogen-bond donors (Lipinski definition) is 2. The first-order valence-electron chi connectivity index (χ1n) is 17.7. The van der Waals surface area contributed by atoms with E-state index in [1.165, 1.54) is 64.2 Å². The normalized spacial score (nSPS) is 13.3. The molecule has 0 aromatic heterocycles. The molecule has 250 valence electrons. The minimum atomic E-state index is -0.805. The molecule has 43 heavy (non-hydrogen) atoms. The maximum atomic E-state index is 12.1. The Kier molecular flexibility index (Phi) is 31.5. The smallest absolute Gasteiger partial charge is 0.306 e. The lowest BCUT2D eigenvalue weighted by molar-refractivity contribution is -0.161. The second-order valence-electron chi connectivity index (χ2n) is 11.8. The average Bonchev–Trinajstić information content (AvgIpc) is 3.00. The van der Waals surface area contributed by atoms with Crippen LogP contribution in [0.1, 0.15) is 162 Å². The first kappa shape index (κ1) is 41.1. The van der Waals surface area contributed by atoms with E-state index in [2.05, 4.69) is 32.1 Å². The van der Waals surface area contributed by atoms with Crippen LogP contribution in [0.2, 0.25) is 0 Å². The summed E-state index contributed by atoms with van der Waals surface area (Å²) in [5.74, 6) is -0.667. The molecule has 0 aromatic carbocycles. The van der Waals surface area contributed by atoms with E-state index < -0.39 is 12.2 Å². The molecule has 6 nitrogen and oxygen atoms in total. The summed E-state index contributed by atoms with van der Waals surface area (Å²) in [5.41, 5.74) is 0. The van der Waals surface area contributed by atoms with Crippen molar-refractivity contribution in [1.29, 1.82) is 0 Å². The molecule has 0 rings (SSSR count). The van der Waals surface area contributed by atoms with Crippen molar-refractivity contribution in [1.82, 2.24) is 0 Å². The summed E-state index contributed by atoms with van der Waals surface area (Å²) in [6.45, 7) is 3.91. The van der Waals surface area contributed by atoms with Gasteiger partial charge in [0.25, 0.3) is 0 Å². The highest BCUT2D eigenvalue weighted by Crippen LogP contribution is 2.14. The Hall–Kier alpha value is -1.92. The van der Waals surface area contributed by atoms with Crippen LogP contribution in [-0.2, 0) is 19.1 Å². The predicted molar refractivity (Wildman–Crippen MR) is 179 cm³/mol. The Morgan fingerprint density at radius 1 is 0.651 bits per heavy atom. The maximum absolute atomic E-state index is 12.1. The van der Waals surface area contributed by atoms with Crippen LogP contribution in [0, 0.1) is 0 Å². The molecular formula is C37H66O6. The molecule has 0 aromatic rings. The van der Waals surface area contributed by atoms with Gasteiger partial charge in [-0.3, -0.25) is 9.59 Å². The molecule has 2 N–H and O–H groups in total. The Morgan fingerprint density at radius 3 is 1.74 bits per heavy atom. The average molecular weight is 607 g/mol. The summed E-state index contributed by atoms with van der Waals surface area (Å²) >= 11 is 0. The van der Waals surface area contributed by atoms with Crippen molar-refractivity contribution in [2.24, 2.45) is 0 Å². The van der Waals surface area contributed by atoms with Gasteiger partial charge < -0.3 is 19.7 Å². The van der Waals surface area contributed by atoms with Gasteiger partial charge in [0.1, 0.15) is 6.61 Å². The molecule has 2 atom stereocenters. The maximum Gasteiger partial charge on any atom is 0.306 e. The molecule has 6 heteroatoms. The van der Waals surface area contributed by atoms with Crippen molar-refractivity contribution in [3.8, 4) is 0 Å². The van der Waals surface area contributed by atoms with Crippen molar-refractivity contribution in [2.45, 2.75) is 174 Å². The molecule has 0 fully saturated rings. The molecule has 0 spiro atoms. The number of aliphatic hydroxyl groups excluding tert-OH is 2. The largest absolute Gasteiger partial charge is 0.462 e. The third kappa shape index (κ3) is 31.3. The fraction of sp³-hybridized carbons (Fsp3) is 0.784. The van der Waals surface area contributed by atoms with Crippen molar-refractivity contribution >= 4 is 11.9 Å². The summed E-state index contributed by atoms with van der Waals surface area (Å²) in [5, 5.41) is 19.5. The molecule has 0 aliphatic heterocycles. The van der Waals surface area contributed by atoms with Crippen molar-refractivity contribution in [2.75, 3.05) is 13.2 Å². The number of unbranched alkanes of at least 4 members (excludes halogenated alkanes) is 16. The minimum Gasteiger partial charge on any atom is -0.462 e. The molecule has 0 aliphatic carbocycles. The molecule has 0 aliphatic rings. The van der Waals surface area contributed by atoms with Gasteiger partial charge >= 0.3 is 11.9 Å². The Labute approximate surface area is 264 Å². The fourth-order valence-corrected chi connectivity index (χ4v) is 4.85. The highest BCUT2D eigenvalue weighted by molar-refractivity contribution is 5.70. The molecule has 0 saturated heterocycles. The molecule has 0 heterocycles. The Bertz CT molecular complexity index is 714. The SMILES string of the molecule is CC/C=C/C/C=C/C=C/C(O)CCCCCCCC(=O)O[C@@H](CO)COC(=O)CCCCCCCCCCCCCCC. The third-order valence-electron chi connectivity index (χ3n) is 7.55. The summed E-state index contributed by atoms with van der Waals surface area (Å²) in [6.07, 6.45) is 35.0. The highest BCUT2D eigenvalue weighted by Gasteiger charge is 2.16. The number of allylic oxidation sites excluding steroid dienone is 5. The van der Waals surface area contributed by atoms with Crippen LogP contribution in [0.5, 0.6) is 0 Å². The molecular weight excluding hydrogens is 540 g/mol. The Balaban J connectivity index is 3.67. The summed E-state index contributed by atoms with van der Waals surface area (Å²) in [4.78, 5) is 24.1. The van der Waals surface area contributed by atoms with E-state index in [0.717, 1.165) is 70.6 Å². The van der Waals surface area contributed by atoms with E-state index in [9.17, 15) is 19.8 Å². The molecule has 0 radical (unpaired) electrons. The van der Waals surface area contributed by atoms with Gasteiger partial charge in [-0.05, 0) is 32.1 Å². The third-order valence-corrected chi connectivity index (χ3v) is 7.55. The quantitative estimate of drug-likeness (QED) is 0.0353. The lowest BCUT2D eigenvalue weighted by Gasteiger charge is -2.15. The molecule has 0 amide bonds. The Morgan fingerprint density at radius 2 is 1.19 bits per heavy atom. The zero-order valence-corrected chi connectivity index (χ0v) is 27.8. The van der Waals surface area contributed by atoms with Crippen LogP contribution < -0.4 is 0 Å². The van der Waals surface area contributed by atoms with Crippen LogP contribution in [-0.4, -0.2) is 47.6 Å². The zero-order valence-electron chi connectivity index (χ0n) is 27.8.